The maximum Gasteiger partial charge on any atom is 0.225 e. The first kappa shape index (κ1) is 15.8. The zero-order valence-electron chi connectivity index (χ0n) is 14.9. The van der Waals surface area contributed by atoms with Crippen molar-refractivity contribution in [3.8, 4) is 0 Å². The fourth-order valence-corrected chi connectivity index (χ4v) is 6.44. The molecule has 2 bridgehead atoms. The molecule has 0 radical (unpaired) electrons. The predicted octanol–water partition coefficient (Wildman–Crippen LogP) is 0.942. The Hall–Kier alpha value is -1.40. The second kappa shape index (κ2) is 4.65. The standard InChI is InChI=1S/C20H27N2O3/c1-3-13-11-22(2)9-8-19(24)15-6-4-5-7-16(15)21-17(12-23)14(13)10-18(22)20(19,21)25/h3-7,14,17-18,23-25H,8-12H2,1-2H3/q+1/b13-3-/t14-,17?,18-,19+,20?,22?/m0/s1. The van der Waals surface area contributed by atoms with E-state index in [2.05, 4.69) is 20.0 Å². The summed E-state index contributed by atoms with van der Waals surface area (Å²) in [7, 11) is 2.21. The topological polar surface area (TPSA) is 63.9 Å². The molecular formula is C20H27N2O3+. The van der Waals surface area contributed by atoms with Crippen LogP contribution < -0.4 is 4.90 Å². The van der Waals surface area contributed by atoms with Crippen molar-refractivity contribution in [3.63, 3.8) is 0 Å². The molecule has 5 rings (SSSR count). The summed E-state index contributed by atoms with van der Waals surface area (Å²) in [5, 5.41) is 34.0. The number of nitrogens with zero attached hydrogens (tertiary/aromatic N) is 2. The number of fused-ring (bicyclic) bond motifs is 4. The second-order valence-electron chi connectivity index (χ2n) is 8.56. The van der Waals surface area contributed by atoms with E-state index in [4.69, 9.17) is 0 Å². The minimum absolute atomic E-state index is 0.0227. The minimum Gasteiger partial charge on any atom is -0.394 e. The van der Waals surface area contributed by atoms with Gasteiger partial charge in [-0.15, -0.1) is 0 Å². The summed E-state index contributed by atoms with van der Waals surface area (Å²) >= 11 is 0. The van der Waals surface area contributed by atoms with Gasteiger partial charge in [0.1, 0.15) is 12.6 Å². The lowest BCUT2D eigenvalue weighted by molar-refractivity contribution is -0.951. The highest BCUT2D eigenvalue weighted by molar-refractivity contribution is 5.67. The van der Waals surface area contributed by atoms with E-state index in [0.29, 0.717) is 6.42 Å². The van der Waals surface area contributed by atoms with Crippen LogP contribution in [0.15, 0.2) is 35.9 Å². The molecule has 4 aliphatic rings. The highest BCUT2D eigenvalue weighted by atomic mass is 16.4. The maximum absolute atomic E-state index is 12.0. The molecule has 0 spiro atoms. The Kier molecular flexibility index (Phi) is 2.95. The largest absolute Gasteiger partial charge is 0.394 e. The zero-order valence-corrected chi connectivity index (χ0v) is 14.9. The third-order valence-electron chi connectivity index (χ3n) is 7.64. The molecule has 5 nitrogen and oxygen atoms in total. The lowest BCUT2D eigenvalue weighted by atomic mass is 9.64. The summed E-state index contributed by atoms with van der Waals surface area (Å²) in [6.45, 7) is 3.80. The van der Waals surface area contributed by atoms with Crippen molar-refractivity contribution in [1.82, 2.24) is 0 Å². The van der Waals surface area contributed by atoms with Crippen LogP contribution in [-0.4, -0.2) is 64.4 Å². The Morgan fingerprint density at radius 3 is 2.80 bits per heavy atom. The van der Waals surface area contributed by atoms with Crippen molar-refractivity contribution in [2.24, 2.45) is 5.92 Å². The first-order chi connectivity index (χ1) is 11.9. The number of aliphatic hydroxyl groups excluding tert-OH is 1. The van der Waals surface area contributed by atoms with E-state index in [1.54, 1.807) is 0 Å². The zero-order chi connectivity index (χ0) is 17.6. The fourth-order valence-electron chi connectivity index (χ4n) is 6.44. The molecular weight excluding hydrogens is 316 g/mol. The monoisotopic (exact) mass is 343 g/mol. The van der Waals surface area contributed by atoms with Gasteiger partial charge in [0.25, 0.3) is 0 Å². The van der Waals surface area contributed by atoms with E-state index >= 15 is 0 Å². The van der Waals surface area contributed by atoms with Gasteiger partial charge in [-0.3, -0.25) is 0 Å². The van der Waals surface area contributed by atoms with Crippen LogP contribution in [0.3, 0.4) is 0 Å². The third kappa shape index (κ3) is 1.55. The van der Waals surface area contributed by atoms with Crippen molar-refractivity contribution in [2.45, 2.75) is 43.2 Å². The third-order valence-corrected chi connectivity index (χ3v) is 7.64. The van der Waals surface area contributed by atoms with Gasteiger partial charge in [-0.25, -0.2) is 0 Å². The van der Waals surface area contributed by atoms with Gasteiger partial charge in [0.15, 0.2) is 5.60 Å². The molecule has 3 fully saturated rings. The summed E-state index contributed by atoms with van der Waals surface area (Å²) in [5.74, 6) is 0.222. The molecule has 3 saturated heterocycles. The molecule has 5 heteroatoms. The number of rotatable bonds is 1. The van der Waals surface area contributed by atoms with E-state index in [-0.39, 0.29) is 24.6 Å². The Labute approximate surface area is 148 Å². The molecule has 1 aromatic rings. The SMILES string of the molecule is C/C=C1/C[N+]2(C)CC[C@@]3(O)c4ccccc4N4C(CO)[C@H]1C[C@H]2C43O. The number of piperidine rings is 3. The number of hydrogen-bond acceptors (Lipinski definition) is 4. The molecule has 25 heavy (non-hydrogen) atoms. The van der Waals surface area contributed by atoms with Crippen LogP contribution in [0, 0.1) is 5.92 Å². The Morgan fingerprint density at radius 2 is 2.08 bits per heavy atom. The number of anilines is 1. The average Bonchev–Trinajstić information content (AvgIpc) is 2.82. The van der Waals surface area contributed by atoms with Crippen molar-refractivity contribution >= 4 is 5.69 Å². The molecule has 0 saturated carbocycles. The minimum atomic E-state index is -1.35. The van der Waals surface area contributed by atoms with Crippen LogP contribution in [0.5, 0.6) is 0 Å². The summed E-state index contributed by atoms with van der Waals surface area (Å²) in [4.78, 5) is 1.97. The number of hydrogen-bond donors (Lipinski definition) is 3. The first-order valence-electron chi connectivity index (χ1n) is 9.34. The van der Waals surface area contributed by atoms with Crippen molar-refractivity contribution in [1.29, 1.82) is 0 Å². The number of aliphatic hydroxyl groups is 3. The highest BCUT2D eigenvalue weighted by Crippen LogP contribution is 2.63. The van der Waals surface area contributed by atoms with Crippen LogP contribution in [0.25, 0.3) is 0 Å². The molecule has 3 unspecified atom stereocenters. The lowest BCUT2D eigenvalue weighted by Gasteiger charge is -2.66. The van der Waals surface area contributed by atoms with Crippen LogP contribution in [-0.2, 0) is 5.60 Å². The van der Waals surface area contributed by atoms with Crippen LogP contribution in [0.1, 0.15) is 25.3 Å². The van der Waals surface area contributed by atoms with Crippen LogP contribution in [0.2, 0.25) is 0 Å². The summed E-state index contributed by atoms with van der Waals surface area (Å²) < 4.78 is 0.762. The number of allylic oxidation sites excluding steroid dienone is 1. The summed E-state index contributed by atoms with van der Waals surface area (Å²) in [5.41, 5.74) is 0.448. The smallest absolute Gasteiger partial charge is 0.225 e. The van der Waals surface area contributed by atoms with Crippen LogP contribution in [0.4, 0.5) is 5.69 Å². The number of quaternary nitrogens is 1. The van der Waals surface area contributed by atoms with Gasteiger partial charge in [-0.1, -0.05) is 24.3 Å². The van der Waals surface area contributed by atoms with Gasteiger partial charge < -0.3 is 24.7 Å². The molecule has 4 aliphatic heterocycles. The van der Waals surface area contributed by atoms with Gasteiger partial charge in [0.05, 0.1) is 26.2 Å². The Balaban J connectivity index is 1.81. The molecule has 0 amide bonds. The quantitative estimate of drug-likeness (QED) is 0.525. The Morgan fingerprint density at radius 1 is 1.32 bits per heavy atom. The number of para-hydroxylation sites is 1. The van der Waals surface area contributed by atoms with E-state index in [0.717, 1.165) is 35.2 Å². The van der Waals surface area contributed by atoms with Gasteiger partial charge in [0, 0.05) is 30.0 Å². The predicted molar refractivity (Wildman–Crippen MR) is 94.8 cm³/mol. The molecule has 0 aliphatic carbocycles. The molecule has 6 atom stereocenters. The molecule has 1 aromatic carbocycles. The van der Waals surface area contributed by atoms with Gasteiger partial charge in [-0.2, -0.15) is 0 Å². The molecule has 134 valence electrons. The highest BCUT2D eigenvalue weighted by Gasteiger charge is 2.76. The van der Waals surface area contributed by atoms with E-state index in [1.807, 2.05) is 29.2 Å². The fraction of sp³-hybridized carbons (Fsp3) is 0.600. The molecule has 3 N–H and O–H groups in total. The maximum atomic E-state index is 12.0. The van der Waals surface area contributed by atoms with Crippen molar-refractivity contribution in [3.05, 3.63) is 41.5 Å². The summed E-state index contributed by atoms with van der Waals surface area (Å²) in [6, 6.07) is 7.54. The van der Waals surface area contributed by atoms with Gasteiger partial charge in [-0.05, 0) is 18.6 Å². The second-order valence-corrected chi connectivity index (χ2v) is 8.56. The van der Waals surface area contributed by atoms with E-state index in [1.165, 1.54) is 5.57 Å². The van der Waals surface area contributed by atoms with E-state index in [9.17, 15) is 15.3 Å². The van der Waals surface area contributed by atoms with Crippen LogP contribution >= 0.6 is 0 Å². The average molecular weight is 343 g/mol. The number of likely N-dealkylation sites (N-methyl/N-ethyl adjacent to an activating group) is 1. The van der Waals surface area contributed by atoms with Gasteiger partial charge in [0.2, 0.25) is 5.72 Å². The van der Waals surface area contributed by atoms with E-state index < -0.39 is 11.3 Å². The van der Waals surface area contributed by atoms with Gasteiger partial charge >= 0.3 is 0 Å². The number of benzene rings is 1. The molecule has 4 heterocycles. The lowest BCUT2D eigenvalue weighted by Crippen LogP contribution is -2.84. The van der Waals surface area contributed by atoms with Crippen molar-refractivity contribution < 1.29 is 19.8 Å². The normalized spacial score (nSPS) is 48.6. The molecule has 0 aromatic heterocycles. The first-order valence-corrected chi connectivity index (χ1v) is 9.34. The summed E-state index contributed by atoms with van der Waals surface area (Å²) in [6.07, 6.45) is 3.54. The Bertz CT molecular complexity index is 780. The van der Waals surface area contributed by atoms with Crippen molar-refractivity contribution in [2.75, 3.05) is 31.6 Å².